The number of ether oxygens (including phenoxy) is 1. The Balaban J connectivity index is 1.45. The summed E-state index contributed by atoms with van der Waals surface area (Å²) in [5.41, 5.74) is 9.63. The number of imidazole rings is 1. The highest BCUT2D eigenvalue weighted by Crippen LogP contribution is 2.34. The Morgan fingerprint density at radius 1 is 1.09 bits per heavy atom. The maximum atomic E-state index is 12.4. The van der Waals surface area contributed by atoms with Crippen LogP contribution in [0.5, 0.6) is 11.5 Å². The van der Waals surface area contributed by atoms with E-state index in [0.29, 0.717) is 17.3 Å². The van der Waals surface area contributed by atoms with Gasteiger partial charge in [-0.15, -0.1) is 0 Å². The van der Waals surface area contributed by atoms with E-state index in [9.17, 15) is 4.79 Å². The SMILES string of the molecule is CC=CN1CCC(c2cnn3c(C(N)=O)c(-c4ccc(Oc5ccccc5)cc4)[nH]c23)CC1. The molecular weight excluding hydrogens is 414 g/mol. The van der Waals surface area contributed by atoms with Crippen LogP contribution in [0.15, 0.2) is 73.1 Å². The summed E-state index contributed by atoms with van der Waals surface area (Å²) < 4.78 is 7.54. The summed E-state index contributed by atoms with van der Waals surface area (Å²) >= 11 is 0. The fourth-order valence-electron chi connectivity index (χ4n) is 4.56. The highest BCUT2D eigenvalue weighted by Gasteiger charge is 2.26. The van der Waals surface area contributed by atoms with Gasteiger partial charge in [0, 0.05) is 24.2 Å². The number of hydrogen-bond donors (Lipinski definition) is 2. The number of primary amides is 1. The Morgan fingerprint density at radius 2 is 1.79 bits per heavy atom. The van der Waals surface area contributed by atoms with Crippen molar-refractivity contribution in [2.45, 2.75) is 25.7 Å². The lowest BCUT2D eigenvalue weighted by Gasteiger charge is -2.30. The Hall–Kier alpha value is -4.00. The van der Waals surface area contributed by atoms with Crippen LogP contribution in [0.2, 0.25) is 0 Å². The fourth-order valence-corrected chi connectivity index (χ4v) is 4.56. The van der Waals surface area contributed by atoms with Gasteiger partial charge in [-0.25, -0.2) is 4.52 Å². The van der Waals surface area contributed by atoms with Crippen LogP contribution in [0.25, 0.3) is 16.9 Å². The molecule has 7 heteroatoms. The molecule has 7 nitrogen and oxygen atoms in total. The molecule has 1 aliphatic heterocycles. The molecule has 0 bridgehead atoms. The molecule has 1 aliphatic rings. The van der Waals surface area contributed by atoms with Gasteiger partial charge in [0.15, 0.2) is 5.69 Å². The van der Waals surface area contributed by atoms with Crippen molar-refractivity contribution in [2.24, 2.45) is 5.73 Å². The number of piperidine rings is 1. The number of amides is 1. The lowest BCUT2D eigenvalue weighted by molar-refractivity contribution is 0.0994. The smallest absolute Gasteiger partial charge is 0.269 e. The van der Waals surface area contributed by atoms with Crippen molar-refractivity contribution >= 4 is 11.6 Å². The number of nitrogens with two attached hydrogens (primary N) is 1. The minimum atomic E-state index is -0.515. The molecule has 0 spiro atoms. The number of fused-ring (bicyclic) bond motifs is 1. The van der Waals surface area contributed by atoms with Crippen molar-refractivity contribution in [3.8, 4) is 22.8 Å². The van der Waals surface area contributed by atoms with Gasteiger partial charge >= 0.3 is 0 Å². The number of carbonyl (C=O) groups excluding carboxylic acids is 1. The van der Waals surface area contributed by atoms with E-state index >= 15 is 0 Å². The summed E-state index contributed by atoms with van der Waals surface area (Å²) in [6.45, 7) is 4.05. The molecule has 1 amide bonds. The average molecular weight is 442 g/mol. The van der Waals surface area contributed by atoms with Gasteiger partial charge in [-0.1, -0.05) is 24.3 Å². The molecule has 1 fully saturated rings. The molecule has 2 aromatic heterocycles. The van der Waals surface area contributed by atoms with Gasteiger partial charge in [-0.05, 0) is 68.3 Å². The summed E-state index contributed by atoms with van der Waals surface area (Å²) in [5.74, 6) is 1.36. The molecule has 168 valence electrons. The molecule has 0 atom stereocenters. The number of carbonyl (C=O) groups is 1. The number of likely N-dealkylation sites (tertiary alicyclic amines) is 1. The van der Waals surface area contributed by atoms with Crippen LogP contribution < -0.4 is 10.5 Å². The van der Waals surface area contributed by atoms with Crippen LogP contribution in [0, 0.1) is 0 Å². The van der Waals surface area contributed by atoms with Gasteiger partial charge in [-0.3, -0.25) is 4.79 Å². The molecule has 4 aromatic rings. The third kappa shape index (κ3) is 4.09. The Labute approximate surface area is 192 Å². The highest BCUT2D eigenvalue weighted by molar-refractivity contribution is 5.98. The predicted molar refractivity (Wildman–Crippen MR) is 128 cm³/mol. The number of aromatic nitrogens is 3. The summed E-state index contributed by atoms with van der Waals surface area (Å²) in [7, 11) is 0. The van der Waals surface area contributed by atoms with E-state index in [4.69, 9.17) is 10.5 Å². The van der Waals surface area contributed by atoms with Crippen molar-refractivity contribution in [1.82, 2.24) is 19.5 Å². The van der Waals surface area contributed by atoms with E-state index in [1.54, 1.807) is 4.52 Å². The molecular formula is C26H27N5O2. The van der Waals surface area contributed by atoms with E-state index in [-0.39, 0.29) is 0 Å². The second-order valence-electron chi connectivity index (χ2n) is 8.31. The van der Waals surface area contributed by atoms with Gasteiger partial charge < -0.3 is 20.4 Å². The first kappa shape index (κ1) is 20.9. The molecule has 3 N–H and O–H groups in total. The van der Waals surface area contributed by atoms with Crippen molar-refractivity contribution in [1.29, 1.82) is 0 Å². The summed E-state index contributed by atoms with van der Waals surface area (Å²) in [6, 6.07) is 17.2. The van der Waals surface area contributed by atoms with E-state index in [1.807, 2.05) is 67.7 Å². The minimum Gasteiger partial charge on any atom is -0.457 e. The first-order valence-electron chi connectivity index (χ1n) is 11.2. The van der Waals surface area contributed by atoms with E-state index in [2.05, 4.69) is 27.3 Å². The molecule has 2 aromatic carbocycles. The summed E-state index contributed by atoms with van der Waals surface area (Å²) in [6.07, 6.45) is 8.17. The Bertz CT molecular complexity index is 1280. The van der Waals surface area contributed by atoms with E-state index in [0.717, 1.165) is 54.2 Å². The third-order valence-electron chi connectivity index (χ3n) is 6.17. The van der Waals surface area contributed by atoms with Crippen molar-refractivity contribution < 1.29 is 9.53 Å². The first-order chi connectivity index (χ1) is 16.1. The van der Waals surface area contributed by atoms with Crippen LogP contribution in [-0.4, -0.2) is 38.5 Å². The van der Waals surface area contributed by atoms with Gasteiger partial charge in [0.1, 0.15) is 17.1 Å². The number of H-pyrrole nitrogens is 1. The molecule has 0 unspecified atom stereocenters. The topological polar surface area (TPSA) is 88.7 Å². The maximum absolute atomic E-state index is 12.4. The second kappa shape index (κ2) is 8.86. The number of nitrogens with one attached hydrogen (secondary N) is 1. The average Bonchev–Trinajstić information content (AvgIpc) is 3.40. The molecule has 5 rings (SSSR count). The normalized spacial score (nSPS) is 14.9. The quantitative estimate of drug-likeness (QED) is 0.444. The Morgan fingerprint density at radius 3 is 2.45 bits per heavy atom. The second-order valence-corrected chi connectivity index (χ2v) is 8.31. The zero-order valence-electron chi connectivity index (χ0n) is 18.6. The fraction of sp³-hybridized carbons (Fsp3) is 0.231. The monoisotopic (exact) mass is 441 g/mol. The number of rotatable bonds is 6. The zero-order chi connectivity index (χ0) is 22.8. The number of hydrogen-bond acceptors (Lipinski definition) is 4. The number of allylic oxidation sites excluding steroid dienone is 1. The van der Waals surface area contributed by atoms with Crippen LogP contribution in [0.3, 0.4) is 0 Å². The van der Waals surface area contributed by atoms with Crippen LogP contribution >= 0.6 is 0 Å². The third-order valence-corrected chi connectivity index (χ3v) is 6.17. The van der Waals surface area contributed by atoms with E-state index < -0.39 is 5.91 Å². The largest absolute Gasteiger partial charge is 0.457 e. The van der Waals surface area contributed by atoms with Crippen LogP contribution in [0.1, 0.15) is 41.7 Å². The van der Waals surface area contributed by atoms with Crippen LogP contribution in [0.4, 0.5) is 0 Å². The maximum Gasteiger partial charge on any atom is 0.269 e. The van der Waals surface area contributed by atoms with Gasteiger partial charge in [0.25, 0.3) is 5.91 Å². The van der Waals surface area contributed by atoms with E-state index in [1.165, 1.54) is 0 Å². The van der Waals surface area contributed by atoms with Crippen molar-refractivity contribution in [3.63, 3.8) is 0 Å². The summed E-state index contributed by atoms with van der Waals surface area (Å²) in [4.78, 5) is 18.2. The van der Waals surface area contributed by atoms with Crippen LogP contribution in [-0.2, 0) is 0 Å². The first-order valence-corrected chi connectivity index (χ1v) is 11.2. The summed E-state index contributed by atoms with van der Waals surface area (Å²) in [5, 5.41) is 4.52. The highest BCUT2D eigenvalue weighted by atomic mass is 16.5. The zero-order valence-corrected chi connectivity index (χ0v) is 18.6. The molecule has 0 saturated carbocycles. The Kier molecular flexibility index (Phi) is 5.60. The minimum absolute atomic E-state index is 0.360. The van der Waals surface area contributed by atoms with Gasteiger partial charge in [-0.2, -0.15) is 5.10 Å². The molecule has 0 aliphatic carbocycles. The number of nitrogens with zero attached hydrogens (tertiary/aromatic N) is 3. The van der Waals surface area contributed by atoms with Crippen molar-refractivity contribution in [3.05, 3.63) is 84.3 Å². The van der Waals surface area contributed by atoms with Crippen molar-refractivity contribution in [2.75, 3.05) is 13.1 Å². The molecule has 0 radical (unpaired) electrons. The van der Waals surface area contributed by atoms with Gasteiger partial charge in [0.2, 0.25) is 0 Å². The molecule has 33 heavy (non-hydrogen) atoms. The standard InChI is InChI=1S/C26H27N5O2/c1-2-14-30-15-12-18(13-16-30)22-17-28-31-24(25(27)32)23(29-26(22)31)19-8-10-21(11-9-19)33-20-6-4-3-5-7-20/h2-11,14,17-18,29H,12-13,15-16H2,1H3,(H2,27,32). The number of benzene rings is 2. The molecule has 3 heterocycles. The molecule has 1 saturated heterocycles. The number of aromatic amines is 1. The number of para-hydroxylation sites is 1. The predicted octanol–water partition coefficient (Wildman–Crippen LogP) is 4.93. The van der Waals surface area contributed by atoms with Gasteiger partial charge in [0.05, 0.1) is 11.9 Å². The lowest BCUT2D eigenvalue weighted by Crippen LogP contribution is -2.28. The lowest BCUT2D eigenvalue weighted by atomic mass is 9.91.